The van der Waals surface area contributed by atoms with Crippen molar-refractivity contribution in [3.05, 3.63) is 0 Å². The molecule has 0 aliphatic heterocycles. The Balaban J connectivity index is 2.48. The quantitative estimate of drug-likeness (QED) is 0.795. The molecule has 1 unspecified atom stereocenters. The number of hydrogen-bond acceptors (Lipinski definition) is 2. The smallest absolute Gasteiger partial charge is 0.239 e. The second kappa shape index (κ2) is 6.62. The van der Waals surface area contributed by atoms with E-state index in [9.17, 15) is 9.59 Å². The summed E-state index contributed by atoms with van der Waals surface area (Å²) >= 11 is 0. The van der Waals surface area contributed by atoms with Gasteiger partial charge in [-0.25, -0.2) is 0 Å². The molecule has 1 saturated carbocycles. The summed E-state index contributed by atoms with van der Waals surface area (Å²) in [5.74, 6) is -0.0300. The van der Waals surface area contributed by atoms with Gasteiger partial charge in [0.25, 0.3) is 0 Å². The molecule has 4 heteroatoms. The van der Waals surface area contributed by atoms with E-state index in [1.807, 2.05) is 13.8 Å². The average molecular weight is 240 g/mol. The molecular weight excluding hydrogens is 216 g/mol. The van der Waals surface area contributed by atoms with Gasteiger partial charge in [0, 0.05) is 19.0 Å². The Morgan fingerprint density at radius 2 is 1.94 bits per heavy atom. The predicted molar refractivity (Wildman–Crippen MR) is 67.5 cm³/mol. The molecule has 98 valence electrons. The van der Waals surface area contributed by atoms with Gasteiger partial charge in [-0.3, -0.25) is 9.59 Å². The Morgan fingerprint density at radius 3 is 2.41 bits per heavy atom. The molecule has 0 aromatic rings. The van der Waals surface area contributed by atoms with Gasteiger partial charge >= 0.3 is 0 Å². The number of nitrogens with one attached hydrogen (secondary N) is 1. The largest absolute Gasteiger partial charge is 0.352 e. The van der Waals surface area contributed by atoms with Crippen LogP contribution in [-0.2, 0) is 9.59 Å². The summed E-state index contributed by atoms with van der Waals surface area (Å²) in [7, 11) is 0. The molecule has 0 spiro atoms. The summed E-state index contributed by atoms with van der Waals surface area (Å²) in [6.45, 7) is 5.77. The Bertz CT molecular complexity index is 273. The minimum Gasteiger partial charge on any atom is -0.352 e. The van der Waals surface area contributed by atoms with Crippen LogP contribution in [0.1, 0.15) is 52.9 Å². The van der Waals surface area contributed by atoms with E-state index in [2.05, 4.69) is 5.32 Å². The van der Waals surface area contributed by atoms with E-state index >= 15 is 0 Å². The SMILES string of the molecule is CCC(C)NC(=O)CN(C(C)=O)C1CCCC1. The second-order valence-corrected chi connectivity index (χ2v) is 4.96. The zero-order valence-corrected chi connectivity index (χ0v) is 11.2. The normalized spacial score (nSPS) is 17.8. The first-order chi connectivity index (χ1) is 8.04. The van der Waals surface area contributed by atoms with Crippen molar-refractivity contribution >= 4 is 11.8 Å². The lowest BCUT2D eigenvalue weighted by Gasteiger charge is -2.27. The van der Waals surface area contributed by atoms with Crippen LogP contribution in [0, 0.1) is 0 Å². The van der Waals surface area contributed by atoms with Gasteiger partial charge < -0.3 is 10.2 Å². The molecule has 1 fully saturated rings. The van der Waals surface area contributed by atoms with Crippen molar-refractivity contribution in [2.24, 2.45) is 0 Å². The first-order valence-electron chi connectivity index (χ1n) is 6.61. The van der Waals surface area contributed by atoms with Gasteiger partial charge in [-0.15, -0.1) is 0 Å². The van der Waals surface area contributed by atoms with Crippen molar-refractivity contribution in [1.82, 2.24) is 10.2 Å². The number of hydrogen-bond donors (Lipinski definition) is 1. The highest BCUT2D eigenvalue weighted by molar-refractivity contribution is 5.84. The standard InChI is InChI=1S/C13H24N2O2/c1-4-10(2)14-13(17)9-15(11(3)16)12-7-5-6-8-12/h10,12H,4-9H2,1-3H3,(H,14,17). The van der Waals surface area contributed by atoms with Crippen LogP contribution in [0.4, 0.5) is 0 Å². The molecular formula is C13H24N2O2. The van der Waals surface area contributed by atoms with E-state index in [1.54, 1.807) is 11.8 Å². The average Bonchev–Trinajstić information content (AvgIpc) is 2.78. The van der Waals surface area contributed by atoms with E-state index in [1.165, 1.54) is 12.8 Å². The topological polar surface area (TPSA) is 49.4 Å². The van der Waals surface area contributed by atoms with Crippen LogP contribution >= 0.6 is 0 Å². The van der Waals surface area contributed by atoms with Crippen LogP contribution < -0.4 is 5.32 Å². The molecule has 1 aliphatic carbocycles. The minimum atomic E-state index is -0.0403. The number of nitrogens with zero attached hydrogens (tertiary/aromatic N) is 1. The molecule has 2 amide bonds. The molecule has 17 heavy (non-hydrogen) atoms. The highest BCUT2D eigenvalue weighted by Gasteiger charge is 2.26. The Labute approximate surface area is 104 Å². The summed E-state index contributed by atoms with van der Waals surface area (Å²) in [4.78, 5) is 25.1. The molecule has 0 heterocycles. The van der Waals surface area contributed by atoms with Crippen molar-refractivity contribution < 1.29 is 9.59 Å². The van der Waals surface area contributed by atoms with Gasteiger partial charge in [0.2, 0.25) is 11.8 Å². The number of carbonyl (C=O) groups is 2. The van der Waals surface area contributed by atoms with Crippen molar-refractivity contribution in [2.45, 2.75) is 65.0 Å². The van der Waals surface area contributed by atoms with E-state index in [0.29, 0.717) is 0 Å². The van der Waals surface area contributed by atoms with Crippen LogP contribution in [0.15, 0.2) is 0 Å². The maximum absolute atomic E-state index is 11.8. The predicted octanol–water partition coefficient (Wildman–Crippen LogP) is 1.69. The Hall–Kier alpha value is -1.06. The molecule has 0 saturated heterocycles. The summed E-state index contributed by atoms with van der Waals surface area (Å²) < 4.78 is 0. The lowest BCUT2D eigenvalue weighted by Crippen LogP contribution is -2.46. The van der Waals surface area contributed by atoms with E-state index < -0.39 is 0 Å². The number of carbonyl (C=O) groups excluding carboxylic acids is 2. The fourth-order valence-corrected chi connectivity index (χ4v) is 2.29. The zero-order valence-electron chi connectivity index (χ0n) is 11.2. The molecule has 0 aromatic heterocycles. The fraction of sp³-hybridized carbons (Fsp3) is 0.846. The maximum Gasteiger partial charge on any atom is 0.239 e. The Morgan fingerprint density at radius 1 is 1.35 bits per heavy atom. The summed E-state index contributed by atoms with van der Waals surface area (Å²) in [5, 5.41) is 2.91. The summed E-state index contributed by atoms with van der Waals surface area (Å²) in [6.07, 6.45) is 5.32. The molecule has 1 N–H and O–H groups in total. The van der Waals surface area contributed by atoms with Gasteiger partial charge in [0.1, 0.15) is 0 Å². The maximum atomic E-state index is 11.8. The lowest BCUT2D eigenvalue weighted by atomic mass is 10.2. The summed E-state index contributed by atoms with van der Waals surface area (Å²) in [6, 6.07) is 0.454. The second-order valence-electron chi connectivity index (χ2n) is 4.96. The van der Waals surface area contributed by atoms with Crippen LogP contribution in [0.3, 0.4) is 0 Å². The first kappa shape index (κ1) is 14.0. The molecule has 0 aromatic carbocycles. The summed E-state index contributed by atoms with van der Waals surface area (Å²) in [5.41, 5.74) is 0. The van der Waals surface area contributed by atoms with Crippen LogP contribution in [0.5, 0.6) is 0 Å². The number of amides is 2. The van der Waals surface area contributed by atoms with Crippen molar-refractivity contribution in [1.29, 1.82) is 0 Å². The van der Waals surface area contributed by atoms with Crippen molar-refractivity contribution in [2.75, 3.05) is 6.54 Å². The molecule has 0 radical (unpaired) electrons. The van der Waals surface area contributed by atoms with Gasteiger partial charge in [0.05, 0.1) is 6.54 Å². The minimum absolute atomic E-state index is 0.0104. The fourth-order valence-electron chi connectivity index (χ4n) is 2.29. The van der Waals surface area contributed by atoms with Gasteiger partial charge in [-0.05, 0) is 26.2 Å². The highest BCUT2D eigenvalue weighted by Crippen LogP contribution is 2.23. The van der Waals surface area contributed by atoms with Crippen molar-refractivity contribution in [3.8, 4) is 0 Å². The zero-order chi connectivity index (χ0) is 12.8. The molecule has 1 rings (SSSR count). The monoisotopic (exact) mass is 240 g/mol. The third kappa shape index (κ3) is 4.36. The van der Waals surface area contributed by atoms with Crippen LogP contribution in [-0.4, -0.2) is 35.3 Å². The van der Waals surface area contributed by atoms with Crippen LogP contribution in [0.2, 0.25) is 0 Å². The molecule has 1 aliphatic rings. The van der Waals surface area contributed by atoms with E-state index in [4.69, 9.17) is 0 Å². The third-order valence-electron chi connectivity index (χ3n) is 3.50. The van der Waals surface area contributed by atoms with E-state index in [0.717, 1.165) is 19.3 Å². The lowest BCUT2D eigenvalue weighted by molar-refractivity contribution is -0.136. The van der Waals surface area contributed by atoms with E-state index in [-0.39, 0.29) is 30.4 Å². The van der Waals surface area contributed by atoms with Gasteiger partial charge in [-0.2, -0.15) is 0 Å². The van der Waals surface area contributed by atoms with Gasteiger partial charge in [-0.1, -0.05) is 19.8 Å². The molecule has 1 atom stereocenters. The first-order valence-corrected chi connectivity index (χ1v) is 6.61. The molecule has 4 nitrogen and oxygen atoms in total. The van der Waals surface area contributed by atoms with Crippen LogP contribution in [0.25, 0.3) is 0 Å². The highest BCUT2D eigenvalue weighted by atomic mass is 16.2. The third-order valence-corrected chi connectivity index (χ3v) is 3.50. The van der Waals surface area contributed by atoms with Gasteiger partial charge in [0.15, 0.2) is 0 Å². The van der Waals surface area contributed by atoms with Crippen molar-refractivity contribution in [3.63, 3.8) is 0 Å². The Kier molecular flexibility index (Phi) is 5.45. The number of rotatable bonds is 5. The molecule has 0 bridgehead atoms.